The van der Waals surface area contributed by atoms with Crippen LogP contribution in [0.3, 0.4) is 0 Å². The molecule has 0 aromatic carbocycles. The molecule has 17 heavy (non-hydrogen) atoms. The lowest BCUT2D eigenvalue weighted by Crippen LogP contribution is -2.07. The van der Waals surface area contributed by atoms with E-state index in [1.165, 1.54) is 0 Å². The minimum Gasteiger partial charge on any atom is -0.343 e. The summed E-state index contributed by atoms with van der Waals surface area (Å²) in [5.41, 5.74) is 1.33. The van der Waals surface area contributed by atoms with Crippen molar-refractivity contribution in [3.05, 3.63) is 49.3 Å². The van der Waals surface area contributed by atoms with E-state index in [1.807, 2.05) is 12.1 Å². The Bertz CT molecular complexity index is 502. The Labute approximate surface area is 98.7 Å². The zero-order chi connectivity index (χ0) is 12.1. The molecule has 0 amide bonds. The molecule has 0 aliphatic rings. The monoisotopic (exact) mass is 228 g/mol. The smallest absolute Gasteiger partial charge is 0.157 e. The maximum absolute atomic E-state index is 4.03. The number of aromatic nitrogens is 3. The molecule has 0 aliphatic carbocycles. The predicted octanol–water partition coefficient (Wildman–Crippen LogP) is 2.28. The van der Waals surface area contributed by atoms with E-state index < -0.39 is 0 Å². The van der Waals surface area contributed by atoms with Crippen molar-refractivity contribution in [1.82, 2.24) is 15.0 Å². The van der Waals surface area contributed by atoms with Gasteiger partial charge in [0, 0.05) is 25.6 Å². The Morgan fingerprint density at radius 1 is 1.47 bits per heavy atom. The van der Waals surface area contributed by atoms with E-state index in [1.54, 1.807) is 36.8 Å². The number of rotatable bonds is 4. The molecule has 0 saturated carbocycles. The number of nitrogens with zero attached hydrogens (tertiary/aromatic N) is 5. The molecule has 2 heterocycles. The molecule has 0 fully saturated rings. The van der Waals surface area contributed by atoms with Crippen LogP contribution < -0.4 is 5.01 Å². The Balaban J connectivity index is 2.04. The topological polar surface area (TPSA) is 69.5 Å². The van der Waals surface area contributed by atoms with Crippen molar-refractivity contribution in [2.24, 2.45) is 10.3 Å². The van der Waals surface area contributed by atoms with Gasteiger partial charge in [-0.2, -0.15) is 0 Å². The number of hydrogen-bond acceptors (Lipinski definition) is 4. The fraction of sp³-hybridized carbons (Fsp3) is 0.0909. The molecule has 0 radical (unpaired) electrons. The minimum atomic E-state index is 0.478. The second-order valence-electron chi connectivity index (χ2n) is 3.31. The van der Waals surface area contributed by atoms with E-state index in [4.69, 9.17) is 0 Å². The summed E-state index contributed by atoms with van der Waals surface area (Å²) in [5, 5.41) is 9.60. The van der Waals surface area contributed by atoms with Crippen LogP contribution in [0.4, 0.5) is 5.69 Å². The van der Waals surface area contributed by atoms with Gasteiger partial charge >= 0.3 is 0 Å². The number of imidazole rings is 1. The van der Waals surface area contributed by atoms with Crippen molar-refractivity contribution in [1.29, 1.82) is 0 Å². The lowest BCUT2D eigenvalue weighted by Gasteiger charge is -2.09. The van der Waals surface area contributed by atoms with Crippen LogP contribution in [-0.4, -0.2) is 22.0 Å². The molecule has 86 valence electrons. The predicted molar refractivity (Wildman–Crippen MR) is 65.1 cm³/mol. The molecular weight excluding hydrogens is 216 g/mol. The number of hydrogen-bond donors (Lipinski definition) is 1. The third kappa shape index (κ3) is 2.75. The van der Waals surface area contributed by atoms with Crippen LogP contribution in [0.2, 0.25) is 0 Å². The summed E-state index contributed by atoms with van der Waals surface area (Å²) in [6.07, 6.45) is 6.76. The molecule has 1 N–H and O–H groups in total. The average molecular weight is 228 g/mol. The molecule has 6 nitrogen and oxygen atoms in total. The summed E-state index contributed by atoms with van der Waals surface area (Å²) in [4.78, 5) is 10.9. The SMILES string of the molecule is C=C(/N=N\N(C)c1cccnc1)c1ncc[nH]1. The fourth-order valence-corrected chi connectivity index (χ4v) is 1.19. The molecule has 0 bridgehead atoms. The number of aromatic amines is 1. The first-order valence-corrected chi connectivity index (χ1v) is 5.01. The number of H-pyrrole nitrogens is 1. The Morgan fingerprint density at radius 2 is 2.35 bits per heavy atom. The van der Waals surface area contributed by atoms with Crippen LogP contribution in [0.25, 0.3) is 5.70 Å². The molecule has 0 spiro atoms. The molecule has 0 saturated heterocycles. The van der Waals surface area contributed by atoms with Gasteiger partial charge in [-0.1, -0.05) is 11.8 Å². The second kappa shape index (κ2) is 5.02. The van der Waals surface area contributed by atoms with E-state index in [9.17, 15) is 0 Å². The second-order valence-corrected chi connectivity index (χ2v) is 3.31. The lowest BCUT2D eigenvalue weighted by molar-refractivity contribution is 0.918. The highest BCUT2D eigenvalue weighted by Gasteiger charge is 2.00. The van der Waals surface area contributed by atoms with Gasteiger partial charge in [0.25, 0.3) is 0 Å². The Hall–Kier alpha value is -2.50. The largest absolute Gasteiger partial charge is 0.343 e. The van der Waals surface area contributed by atoms with Gasteiger partial charge in [0.15, 0.2) is 5.82 Å². The van der Waals surface area contributed by atoms with Gasteiger partial charge in [0.05, 0.1) is 11.9 Å². The maximum atomic E-state index is 4.03. The summed E-state index contributed by atoms with van der Waals surface area (Å²) in [7, 11) is 1.79. The lowest BCUT2D eigenvalue weighted by atomic mass is 10.4. The van der Waals surface area contributed by atoms with Gasteiger partial charge in [0.1, 0.15) is 5.70 Å². The van der Waals surface area contributed by atoms with Crippen LogP contribution in [-0.2, 0) is 0 Å². The Kier molecular flexibility index (Phi) is 3.25. The van der Waals surface area contributed by atoms with Gasteiger partial charge in [-0.3, -0.25) is 4.98 Å². The first kappa shape index (κ1) is 11.0. The molecule has 2 aromatic rings. The summed E-state index contributed by atoms with van der Waals surface area (Å²) in [5.74, 6) is 0.605. The molecule has 0 unspecified atom stereocenters. The summed E-state index contributed by atoms with van der Waals surface area (Å²) < 4.78 is 0. The van der Waals surface area contributed by atoms with Crippen LogP contribution in [0.1, 0.15) is 5.82 Å². The van der Waals surface area contributed by atoms with Gasteiger partial charge in [0.2, 0.25) is 0 Å². The van der Waals surface area contributed by atoms with E-state index in [-0.39, 0.29) is 0 Å². The number of pyridine rings is 1. The van der Waals surface area contributed by atoms with Crippen LogP contribution in [0, 0.1) is 0 Å². The minimum absolute atomic E-state index is 0.478. The van der Waals surface area contributed by atoms with Crippen LogP contribution in [0.15, 0.2) is 53.8 Å². The van der Waals surface area contributed by atoms with Crippen LogP contribution in [0.5, 0.6) is 0 Å². The van der Waals surface area contributed by atoms with Crippen molar-refractivity contribution in [3.63, 3.8) is 0 Å². The summed E-state index contributed by atoms with van der Waals surface area (Å²) >= 11 is 0. The number of nitrogens with one attached hydrogen (secondary N) is 1. The molecule has 2 aromatic heterocycles. The molecule has 6 heteroatoms. The van der Waals surface area contributed by atoms with Crippen molar-refractivity contribution in [2.75, 3.05) is 12.1 Å². The van der Waals surface area contributed by atoms with E-state index >= 15 is 0 Å². The van der Waals surface area contributed by atoms with Gasteiger partial charge in [-0.05, 0) is 12.1 Å². The molecule has 2 rings (SSSR count). The zero-order valence-corrected chi connectivity index (χ0v) is 9.41. The highest BCUT2D eigenvalue weighted by molar-refractivity contribution is 5.54. The summed E-state index contributed by atoms with van der Waals surface area (Å²) in [6, 6.07) is 3.73. The number of anilines is 1. The molecule has 0 atom stereocenters. The first-order valence-electron chi connectivity index (χ1n) is 5.01. The van der Waals surface area contributed by atoms with Crippen molar-refractivity contribution in [2.45, 2.75) is 0 Å². The van der Waals surface area contributed by atoms with Crippen molar-refractivity contribution in [3.8, 4) is 0 Å². The van der Waals surface area contributed by atoms with Gasteiger partial charge in [-0.15, -0.1) is 5.11 Å². The average Bonchev–Trinajstić information content (AvgIpc) is 2.90. The molecule has 0 aliphatic heterocycles. The van der Waals surface area contributed by atoms with Gasteiger partial charge < -0.3 is 4.98 Å². The van der Waals surface area contributed by atoms with E-state index in [2.05, 4.69) is 31.9 Å². The highest BCUT2D eigenvalue weighted by Crippen LogP contribution is 2.13. The first-order chi connectivity index (χ1) is 8.27. The van der Waals surface area contributed by atoms with E-state index in [0.717, 1.165) is 5.69 Å². The van der Waals surface area contributed by atoms with Crippen molar-refractivity contribution < 1.29 is 0 Å². The fourth-order valence-electron chi connectivity index (χ4n) is 1.19. The normalized spacial score (nSPS) is 10.6. The highest BCUT2D eigenvalue weighted by atomic mass is 15.5. The molecular formula is C11H12N6. The third-order valence-corrected chi connectivity index (χ3v) is 2.09. The summed E-state index contributed by atoms with van der Waals surface area (Å²) in [6.45, 7) is 3.77. The standard InChI is InChI=1S/C11H12N6/c1-9(11-13-6-7-14-11)15-16-17(2)10-4-3-5-12-8-10/h3-8H,1H2,2H3,(H,13,14)/b16-15-. The zero-order valence-electron chi connectivity index (χ0n) is 9.41. The van der Waals surface area contributed by atoms with Crippen LogP contribution >= 0.6 is 0 Å². The maximum Gasteiger partial charge on any atom is 0.157 e. The third-order valence-electron chi connectivity index (χ3n) is 2.09. The van der Waals surface area contributed by atoms with E-state index in [0.29, 0.717) is 11.5 Å². The quantitative estimate of drug-likeness (QED) is 0.644. The van der Waals surface area contributed by atoms with Gasteiger partial charge in [-0.25, -0.2) is 9.99 Å². The Morgan fingerprint density at radius 3 is 3.00 bits per heavy atom. The van der Waals surface area contributed by atoms with Crippen molar-refractivity contribution >= 4 is 11.4 Å².